The van der Waals surface area contributed by atoms with Gasteiger partial charge in [0, 0.05) is 6.20 Å². The second-order valence-corrected chi connectivity index (χ2v) is 4.56. The van der Waals surface area contributed by atoms with E-state index in [9.17, 15) is 9.59 Å². The van der Waals surface area contributed by atoms with Crippen molar-refractivity contribution < 1.29 is 14.6 Å². The van der Waals surface area contributed by atoms with Crippen LogP contribution in [-0.4, -0.2) is 37.5 Å². The molecule has 0 aromatic carbocycles. The molecule has 1 saturated heterocycles. The summed E-state index contributed by atoms with van der Waals surface area (Å²) >= 11 is 0. The zero-order chi connectivity index (χ0) is 13.4. The molecule has 1 aliphatic heterocycles. The normalized spacial score (nSPS) is 22.9. The molecular formula is C12H13N3O4. The molecule has 0 bridgehead atoms. The molecule has 0 aliphatic carbocycles. The summed E-state index contributed by atoms with van der Waals surface area (Å²) in [6, 6.07) is 5.30. The maximum atomic E-state index is 12.0. The zero-order valence-electron chi connectivity index (χ0n) is 10.1. The molecule has 1 N–H and O–H groups in total. The van der Waals surface area contributed by atoms with E-state index in [1.54, 1.807) is 24.4 Å². The molecule has 0 amide bonds. The molecule has 3 heterocycles. The zero-order valence-corrected chi connectivity index (χ0v) is 10.1. The molecule has 100 valence electrons. The van der Waals surface area contributed by atoms with Crippen molar-refractivity contribution in [1.29, 1.82) is 0 Å². The van der Waals surface area contributed by atoms with Crippen LogP contribution in [0.15, 0.2) is 29.2 Å². The molecule has 19 heavy (non-hydrogen) atoms. The van der Waals surface area contributed by atoms with Crippen molar-refractivity contribution in [3.05, 3.63) is 34.9 Å². The first-order chi connectivity index (χ1) is 9.15. The molecule has 2 unspecified atom stereocenters. The number of fused-ring (bicyclic) bond motifs is 1. The Morgan fingerprint density at radius 1 is 1.47 bits per heavy atom. The van der Waals surface area contributed by atoms with Crippen molar-refractivity contribution >= 4 is 11.6 Å². The van der Waals surface area contributed by atoms with Gasteiger partial charge in [-0.15, -0.1) is 5.10 Å². The average molecular weight is 263 g/mol. The van der Waals surface area contributed by atoms with E-state index in [-0.39, 0.29) is 18.3 Å². The molecule has 0 spiro atoms. The lowest BCUT2D eigenvalue weighted by molar-refractivity contribution is -0.149. The first kappa shape index (κ1) is 11.9. The number of rotatable bonds is 3. The van der Waals surface area contributed by atoms with Crippen LogP contribution in [0.3, 0.4) is 0 Å². The molecule has 0 saturated carbocycles. The van der Waals surface area contributed by atoms with Gasteiger partial charge < -0.3 is 9.84 Å². The summed E-state index contributed by atoms with van der Waals surface area (Å²) < 4.78 is 8.14. The highest BCUT2D eigenvalue weighted by Gasteiger charge is 2.31. The summed E-state index contributed by atoms with van der Waals surface area (Å²) in [5.41, 5.74) is 0.332. The summed E-state index contributed by atoms with van der Waals surface area (Å²) in [5, 5.41) is 13.0. The van der Waals surface area contributed by atoms with Crippen molar-refractivity contribution in [2.45, 2.75) is 31.6 Å². The third kappa shape index (κ3) is 2.12. The molecular weight excluding hydrogens is 250 g/mol. The Labute approximate surface area is 108 Å². The monoisotopic (exact) mass is 263 g/mol. The van der Waals surface area contributed by atoms with Crippen molar-refractivity contribution in [3.8, 4) is 0 Å². The Morgan fingerprint density at radius 2 is 2.32 bits per heavy atom. The summed E-state index contributed by atoms with van der Waals surface area (Å²) in [6.45, 7) is 0.282. The van der Waals surface area contributed by atoms with Gasteiger partial charge in [0.15, 0.2) is 11.8 Å². The Bertz CT molecular complexity index is 675. The third-order valence-electron chi connectivity index (χ3n) is 3.25. The van der Waals surface area contributed by atoms with E-state index in [2.05, 4.69) is 5.10 Å². The van der Waals surface area contributed by atoms with Gasteiger partial charge in [-0.2, -0.15) is 0 Å². The lowest BCUT2D eigenvalue weighted by atomic mass is 10.2. The summed E-state index contributed by atoms with van der Waals surface area (Å²) in [7, 11) is 0. The van der Waals surface area contributed by atoms with Crippen LogP contribution in [-0.2, 0) is 16.1 Å². The van der Waals surface area contributed by atoms with Crippen LogP contribution in [0.1, 0.15) is 12.8 Å². The van der Waals surface area contributed by atoms with Gasteiger partial charge in [0.2, 0.25) is 0 Å². The maximum absolute atomic E-state index is 12.0. The maximum Gasteiger partial charge on any atom is 0.350 e. The second kappa shape index (κ2) is 4.51. The lowest BCUT2D eigenvalue weighted by Gasteiger charge is -2.09. The van der Waals surface area contributed by atoms with Crippen LogP contribution in [0.5, 0.6) is 0 Å². The van der Waals surface area contributed by atoms with Gasteiger partial charge in [-0.25, -0.2) is 14.3 Å². The van der Waals surface area contributed by atoms with Crippen molar-refractivity contribution in [2.24, 2.45) is 0 Å². The number of pyridine rings is 1. The number of hydrogen-bond acceptors (Lipinski definition) is 4. The lowest BCUT2D eigenvalue weighted by Crippen LogP contribution is -2.28. The molecule has 7 nitrogen and oxygen atoms in total. The van der Waals surface area contributed by atoms with E-state index in [1.807, 2.05) is 0 Å². The number of ether oxygens (including phenoxy) is 1. The van der Waals surface area contributed by atoms with Crippen LogP contribution in [0.4, 0.5) is 0 Å². The fourth-order valence-corrected chi connectivity index (χ4v) is 2.30. The predicted molar refractivity (Wildman–Crippen MR) is 65.0 cm³/mol. The van der Waals surface area contributed by atoms with Gasteiger partial charge in [-0.1, -0.05) is 6.07 Å². The first-order valence-corrected chi connectivity index (χ1v) is 6.07. The van der Waals surface area contributed by atoms with Crippen LogP contribution < -0.4 is 5.69 Å². The molecule has 2 aromatic heterocycles. The number of nitrogens with zero attached hydrogens (tertiary/aromatic N) is 3. The van der Waals surface area contributed by atoms with E-state index < -0.39 is 12.1 Å². The highest BCUT2D eigenvalue weighted by atomic mass is 16.5. The number of carbonyl (C=O) groups is 1. The number of aromatic nitrogens is 3. The van der Waals surface area contributed by atoms with Crippen LogP contribution in [0.2, 0.25) is 0 Å². The Balaban J connectivity index is 1.81. The smallest absolute Gasteiger partial charge is 0.350 e. The number of aliphatic carboxylic acids is 1. The molecule has 7 heteroatoms. The minimum atomic E-state index is -0.954. The van der Waals surface area contributed by atoms with Crippen molar-refractivity contribution in [3.63, 3.8) is 0 Å². The minimum Gasteiger partial charge on any atom is -0.479 e. The van der Waals surface area contributed by atoms with Gasteiger partial charge in [-0.05, 0) is 25.0 Å². The fraction of sp³-hybridized carbons (Fsp3) is 0.417. The highest BCUT2D eigenvalue weighted by molar-refractivity contribution is 5.72. The van der Waals surface area contributed by atoms with Crippen LogP contribution >= 0.6 is 0 Å². The van der Waals surface area contributed by atoms with Crippen LogP contribution in [0.25, 0.3) is 5.65 Å². The average Bonchev–Trinajstić information content (AvgIpc) is 2.97. The van der Waals surface area contributed by atoms with Crippen molar-refractivity contribution in [1.82, 2.24) is 14.2 Å². The Morgan fingerprint density at radius 3 is 3.00 bits per heavy atom. The first-order valence-electron chi connectivity index (χ1n) is 6.07. The van der Waals surface area contributed by atoms with Gasteiger partial charge in [0.05, 0.1) is 12.6 Å². The van der Waals surface area contributed by atoms with Crippen LogP contribution in [0, 0.1) is 0 Å². The largest absolute Gasteiger partial charge is 0.479 e. The van der Waals surface area contributed by atoms with E-state index >= 15 is 0 Å². The quantitative estimate of drug-likeness (QED) is 0.850. The summed E-state index contributed by atoms with van der Waals surface area (Å²) in [5.74, 6) is -0.954. The number of hydrogen-bond donors (Lipinski definition) is 1. The van der Waals surface area contributed by atoms with Crippen molar-refractivity contribution in [2.75, 3.05) is 0 Å². The second-order valence-electron chi connectivity index (χ2n) is 4.56. The van der Waals surface area contributed by atoms with Gasteiger partial charge in [0.1, 0.15) is 0 Å². The summed E-state index contributed by atoms with van der Waals surface area (Å²) in [4.78, 5) is 22.8. The standard InChI is InChI=1S/C12H13N3O4/c16-11(17)9-5-4-8(19-9)7-15-12(18)14-6-2-1-3-10(14)13-15/h1-3,6,8-9H,4-5,7H2,(H,16,17). The third-order valence-corrected chi connectivity index (χ3v) is 3.25. The highest BCUT2D eigenvalue weighted by Crippen LogP contribution is 2.20. The minimum absolute atomic E-state index is 0.238. The molecule has 3 rings (SSSR count). The van der Waals surface area contributed by atoms with Gasteiger partial charge >= 0.3 is 11.7 Å². The van der Waals surface area contributed by atoms with Gasteiger partial charge in [-0.3, -0.25) is 4.40 Å². The molecule has 2 atom stereocenters. The van der Waals surface area contributed by atoms with E-state index in [4.69, 9.17) is 9.84 Å². The predicted octanol–water partition coefficient (Wildman–Crippen LogP) is 0.128. The number of carboxylic acid groups (broad SMARTS) is 1. The molecule has 1 fully saturated rings. The topological polar surface area (TPSA) is 85.8 Å². The Kier molecular flexibility index (Phi) is 2.83. The molecule has 1 aliphatic rings. The summed E-state index contributed by atoms with van der Waals surface area (Å²) in [6.07, 6.45) is 1.71. The van der Waals surface area contributed by atoms with E-state index in [0.717, 1.165) is 0 Å². The Hall–Kier alpha value is -2.15. The SMILES string of the molecule is O=C(O)C1CCC(Cn2nc3ccccn3c2=O)O1. The molecule has 0 radical (unpaired) electrons. The number of carboxylic acids is 1. The van der Waals surface area contributed by atoms with E-state index in [1.165, 1.54) is 9.08 Å². The fourth-order valence-electron chi connectivity index (χ4n) is 2.30. The van der Waals surface area contributed by atoms with Gasteiger partial charge in [0.25, 0.3) is 0 Å². The van der Waals surface area contributed by atoms with E-state index in [0.29, 0.717) is 18.5 Å². The molecule has 2 aromatic rings.